The predicted molar refractivity (Wildman–Crippen MR) is 40.9 cm³/mol. The standard InChI is InChI=1S/C7H14N2O/c10-9-6-4-7-3-1-2-5-8-7/h7-8H,1-6H2/t7-/m1/s1. The monoisotopic (exact) mass is 142 g/mol. The Morgan fingerprint density at radius 3 is 3.00 bits per heavy atom. The molecule has 1 N–H and O–H groups in total. The summed E-state index contributed by atoms with van der Waals surface area (Å²) in [5.41, 5.74) is 0. The minimum atomic E-state index is 0.470. The van der Waals surface area contributed by atoms with E-state index in [2.05, 4.69) is 10.5 Å². The van der Waals surface area contributed by atoms with E-state index in [4.69, 9.17) is 0 Å². The fourth-order valence-electron chi connectivity index (χ4n) is 1.38. The summed E-state index contributed by atoms with van der Waals surface area (Å²) in [6, 6.07) is 0.562. The highest BCUT2D eigenvalue weighted by atomic mass is 16.3. The van der Waals surface area contributed by atoms with E-state index in [-0.39, 0.29) is 0 Å². The van der Waals surface area contributed by atoms with E-state index in [1.54, 1.807) is 0 Å². The third-order valence-electron chi connectivity index (χ3n) is 1.98. The van der Waals surface area contributed by atoms with Gasteiger partial charge < -0.3 is 5.32 Å². The van der Waals surface area contributed by atoms with E-state index >= 15 is 0 Å². The normalized spacial score (nSPS) is 26.2. The lowest BCUT2D eigenvalue weighted by Gasteiger charge is -2.21. The smallest absolute Gasteiger partial charge is 0.0826 e. The molecule has 0 saturated carbocycles. The summed E-state index contributed by atoms with van der Waals surface area (Å²) in [5, 5.41) is 6.19. The Bertz CT molecular complexity index is 99.8. The zero-order valence-electron chi connectivity index (χ0n) is 6.18. The molecule has 0 aromatic carbocycles. The predicted octanol–water partition coefficient (Wildman–Crippen LogP) is 1.28. The Balaban J connectivity index is 2.07. The van der Waals surface area contributed by atoms with Crippen LogP contribution in [-0.4, -0.2) is 19.1 Å². The Kier molecular flexibility index (Phi) is 3.36. The Morgan fingerprint density at radius 2 is 2.40 bits per heavy atom. The van der Waals surface area contributed by atoms with Gasteiger partial charge >= 0.3 is 0 Å². The van der Waals surface area contributed by atoms with Crippen LogP contribution < -0.4 is 5.32 Å². The van der Waals surface area contributed by atoms with Crippen molar-refractivity contribution in [1.29, 1.82) is 0 Å². The number of piperidine rings is 1. The molecule has 0 aromatic heterocycles. The molecule has 3 heteroatoms. The Morgan fingerprint density at radius 1 is 1.50 bits per heavy atom. The first kappa shape index (κ1) is 7.66. The summed E-state index contributed by atoms with van der Waals surface area (Å²) < 4.78 is 0. The van der Waals surface area contributed by atoms with Crippen LogP contribution in [0.25, 0.3) is 0 Å². The van der Waals surface area contributed by atoms with Gasteiger partial charge in [-0.05, 0) is 25.8 Å². The topological polar surface area (TPSA) is 41.5 Å². The molecule has 1 aliphatic heterocycles. The van der Waals surface area contributed by atoms with Crippen molar-refractivity contribution >= 4 is 0 Å². The van der Waals surface area contributed by atoms with E-state index < -0.39 is 0 Å². The van der Waals surface area contributed by atoms with Gasteiger partial charge in [0, 0.05) is 6.04 Å². The zero-order valence-corrected chi connectivity index (χ0v) is 6.18. The van der Waals surface area contributed by atoms with Crippen molar-refractivity contribution in [3.63, 3.8) is 0 Å². The van der Waals surface area contributed by atoms with Crippen LogP contribution in [0.15, 0.2) is 5.18 Å². The summed E-state index contributed by atoms with van der Waals surface area (Å²) in [6.45, 7) is 1.58. The van der Waals surface area contributed by atoms with Crippen LogP contribution in [0, 0.1) is 4.91 Å². The first-order valence-corrected chi connectivity index (χ1v) is 3.96. The molecular formula is C7H14N2O. The largest absolute Gasteiger partial charge is 0.314 e. The van der Waals surface area contributed by atoms with E-state index in [1.807, 2.05) is 0 Å². The molecule has 0 aromatic rings. The van der Waals surface area contributed by atoms with Gasteiger partial charge in [-0.15, -0.1) is 0 Å². The first-order chi connectivity index (χ1) is 4.93. The molecule has 58 valence electrons. The summed E-state index contributed by atoms with van der Waals surface area (Å²) >= 11 is 0. The van der Waals surface area contributed by atoms with Crippen LogP contribution >= 0.6 is 0 Å². The number of nitrogens with one attached hydrogen (secondary N) is 1. The van der Waals surface area contributed by atoms with Gasteiger partial charge in [-0.3, -0.25) is 0 Å². The van der Waals surface area contributed by atoms with Gasteiger partial charge in [0.2, 0.25) is 0 Å². The summed E-state index contributed by atoms with van der Waals surface area (Å²) in [7, 11) is 0. The van der Waals surface area contributed by atoms with Crippen LogP contribution in [-0.2, 0) is 0 Å². The average molecular weight is 142 g/mol. The molecule has 1 aliphatic rings. The molecule has 1 heterocycles. The van der Waals surface area contributed by atoms with Crippen molar-refractivity contribution in [3.8, 4) is 0 Å². The molecule has 1 rings (SSSR count). The molecule has 1 fully saturated rings. The lowest BCUT2D eigenvalue weighted by molar-refractivity contribution is 0.386. The van der Waals surface area contributed by atoms with Crippen molar-refractivity contribution in [3.05, 3.63) is 4.91 Å². The van der Waals surface area contributed by atoms with E-state index in [0.29, 0.717) is 12.6 Å². The van der Waals surface area contributed by atoms with Gasteiger partial charge in [-0.1, -0.05) is 11.6 Å². The van der Waals surface area contributed by atoms with Crippen LogP contribution in [0.4, 0.5) is 0 Å². The fourth-order valence-corrected chi connectivity index (χ4v) is 1.38. The van der Waals surface area contributed by atoms with Gasteiger partial charge in [0.1, 0.15) is 0 Å². The van der Waals surface area contributed by atoms with Gasteiger partial charge in [0.15, 0.2) is 0 Å². The first-order valence-electron chi connectivity index (χ1n) is 3.96. The Labute approximate surface area is 61.2 Å². The fraction of sp³-hybridized carbons (Fsp3) is 1.00. The lowest BCUT2D eigenvalue weighted by Crippen LogP contribution is -2.34. The molecule has 3 nitrogen and oxygen atoms in total. The molecule has 10 heavy (non-hydrogen) atoms. The quantitative estimate of drug-likeness (QED) is 0.603. The summed E-state index contributed by atoms with van der Waals surface area (Å²) in [5.74, 6) is 0. The van der Waals surface area contributed by atoms with E-state index in [9.17, 15) is 4.91 Å². The van der Waals surface area contributed by atoms with Gasteiger partial charge in [0.05, 0.1) is 6.54 Å². The molecule has 0 radical (unpaired) electrons. The van der Waals surface area contributed by atoms with Gasteiger partial charge in [-0.25, -0.2) is 0 Å². The molecule has 0 spiro atoms. The highest BCUT2D eigenvalue weighted by Crippen LogP contribution is 2.09. The third-order valence-corrected chi connectivity index (χ3v) is 1.98. The van der Waals surface area contributed by atoms with Crippen LogP contribution in [0.3, 0.4) is 0 Å². The SMILES string of the molecule is O=NCC[C@H]1CCCCN1. The maximum absolute atomic E-state index is 9.77. The van der Waals surface area contributed by atoms with Crippen LogP contribution in [0.5, 0.6) is 0 Å². The van der Waals surface area contributed by atoms with Crippen molar-refractivity contribution in [1.82, 2.24) is 5.32 Å². The highest BCUT2D eigenvalue weighted by molar-refractivity contribution is 4.72. The second-order valence-electron chi connectivity index (χ2n) is 2.79. The van der Waals surface area contributed by atoms with Crippen molar-refractivity contribution in [2.75, 3.05) is 13.1 Å². The molecular weight excluding hydrogens is 128 g/mol. The molecule has 1 atom stereocenters. The van der Waals surface area contributed by atoms with Crippen molar-refractivity contribution in [2.45, 2.75) is 31.7 Å². The minimum Gasteiger partial charge on any atom is -0.314 e. The number of nitrogens with zero attached hydrogens (tertiary/aromatic N) is 1. The van der Waals surface area contributed by atoms with Crippen LogP contribution in [0.1, 0.15) is 25.7 Å². The maximum Gasteiger partial charge on any atom is 0.0826 e. The van der Waals surface area contributed by atoms with E-state index in [0.717, 1.165) is 13.0 Å². The Hall–Kier alpha value is -0.440. The van der Waals surface area contributed by atoms with Gasteiger partial charge in [0.25, 0.3) is 0 Å². The molecule has 0 amide bonds. The molecule has 0 unspecified atom stereocenters. The minimum absolute atomic E-state index is 0.470. The zero-order chi connectivity index (χ0) is 7.23. The number of nitroso groups, excluding NO2 is 1. The number of hydrogen-bond donors (Lipinski definition) is 1. The van der Waals surface area contributed by atoms with Gasteiger partial charge in [-0.2, -0.15) is 4.91 Å². The second kappa shape index (κ2) is 4.39. The number of rotatable bonds is 3. The summed E-state index contributed by atoms with van der Waals surface area (Å²) in [6.07, 6.45) is 4.72. The van der Waals surface area contributed by atoms with Crippen LogP contribution in [0.2, 0.25) is 0 Å². The van der Waals surface area contributed by atoms with Crippen molar-refractivity contribution in [2.24, 2.45) is 5.18 Å². The lowest BCUT2D eigenvalue weighted by atomic mass is 10.0. The molecule has 1 saturated heterocycles. The average Bonchev–Trinajstić information content (AvgIpc) is 2.03. The maximum atomic E-state index is 9.77. The second-order valence-corrected chi connectivity index (χ2v) is 2.79. The molecule has 0 aliphatic carbocycles. The van der Waals surface area contributed by atoms with Crippen molar-refractivity contribution < 1.29 is 0 Å². The highest BCUT2D eigenvalue weighted by Gasteiger charge is 2.10. The van der Waals surface area contributed by atoms with E-state index in [1.165, 1.54) is 19.3 Å². The molecule has 0 bridgehead atoms. The third kappa shape index (κ3) is 2.43. The summed E-state index contributed by atoms with van der Waals surface area (Å²) in [4.78, 5) is 9.77. The number of hydrogen-bond acceptors (Lipinski definition) is 3.